The number of ether oxygens (including phenoxy) is 2. The summed E-state index contributed by atoms with van der Waals surface area (Å²) in [5, 5.41) is 4.84. The number of amides is 1. The van der Waals surface area contributed by atoms with E-state index in [0.29, 0.717) is 22.8 Å². The number of thiophene rings is 1. The molecule has 0 fully saturated rings. The van der Waals surface area contributed by atoms with Gasteiger partial charge in [-0.05, 0) is 57.4 Å². The number of nitrogens with one attached hydrogen (secondary N) is 1. The van der Waals surface area contributed by atoms with E-state index < -0.39 is 11.7 Å². The number of carbonyl (C=O) groups excluding carboxylic acids is 1. The molecule has 10 heteroatoms. The number of benzene rings is 2. The summed E-state index contributed by atoms with van der Waals surface area (Å²) < 4.78 is 52.9. The maximum absolute atomic E-state index is 13.1. The molecule has 0 spiro atoms. The molecule has 1 aliphatic rings. The van der Waals surface area contributed by atoms with Crippen molar-refractivity contribution in [1.82, 2.24) is 9.88 Å². The topological polar surface area (TPSA) is 52.5 Å². The lowest BCUT2D eigenvalue weighted by Gasteiger charge is -2.13. The lowest BCUT2D eigenvalue weighted by atomic mass is 10.1. The Bertz CT molecular complexity index is 1350. The fraction of sp³-hybridized carbons (Fsp3) is 0.174. The van der Waals surface area contributed by atoms with Crippen molar-refractivity contribution in [2.75, 3.05) is 6.79 Å². The van der Waals surface area contributed by atoms with E-state index in [1.807, 2.05) is 22.1 Å². The molecule has 0 aliphatic carbocycles. The molecule has 1 amide bonds. The Balaban J connectivity index is 1.40. The Labute approximate surface area is 198 Å². The molecule has 0 atom stereocenters. The first-order valence-corrected chi connectivity index (χ1v) is 11.6. The predicted octanol–water partition coefficient (Wildman–Crippen LogP) is 6.19. The summed E-state index contributed by atoms with van der Waals surface area (Å²) in [5.41, 5.74) is 2.06. The summed E-state index contributed by atoms with van der Waals surface area (Å²) in [6.45, 7) is 0.716. The van der Waals surface area contributed by atoms with Crippen molar-refractivity contribution >= 4 is 43.4 Å². The Morgan fingerprint density at radius 3 is 2.55 bits per heavy atom. The Morgan fingerprint density at radius 2 is 1.79 bits per heavy atom. The fourth-order valence-corrected chi connectivity index (χ4v) is 5.38. The Hall–Kier alpha value is -2.98. The number of carbonyl (C=O) groups is 1. The predicted molar refractivity (Wildman–Crippen MR) is 122 cm³/mol. The number of nitrogens with zero attached hydrogens (tertiary/aromatic N) is 1. The van der Waals surface area contributed by atoms with Crippen LogP contribution in [0.5, 0.6) is 11.5 Å². The number of alkyl halides is 3. The van der Waals surface area contributed by atoms with Crippen molar-refractivity contribution in [1.29, 1.82) is 0 Å². The van der Waals surface area contributed by atoms with Gasteiger partial charge in [-0.25, -0.2) is 0 Å². The standard InChI is InChI=1S/C23H16BrF3N2O3S/c24-16-11-33-20-8-17(22(30)28-9-14-3-6-18-19(7-14)32-12-31-18)29(21(16)20)10-13-1-4-15(5-2-13)23(25,26)27/h1-8,11H,9-10,12H2,(H,28,30). The minimum Gasteiger partial charge on any atom is -0.454 e. The van der Waals surface area contributed by atoms with Gasteiger partial charge in [-0.1, -0.05) is 18.2 Å². The van der Waals surface area contributed by atoms with E-state index in [4.69, 9.17) is 9.47 Å². The van der Waals surface area contributed by atoms with Crippen LogP contribution >= 0.6 is 27.3 Å². The average Bonchev–Trinajstić information content (AvgIpc) is 3.48. The van der Waals surface area contributed by atoms with Gasteiger partial charge in [0.2, 0.25) is 6.79 Å². The van der Waals surface area contributed by atoms with Crippen LogP contribution in [0.15, 0.2) is 58.4 Å². The van der Waals surface area contributed by atoms with Gasteiger partial charge in [-0.15, -0.1) is 11.3 Å². The lowest BCUT2D eigenvalue weighted by molar-refractivity contribution is -0.137. The van der Waals surface area contributed by atoms with Crippen LogP contribution in [0, 0.1) is 0 Å². The third-order valence-electron chi connectivity index (χ3n) is 5.32. The zero-order chi connectivity index (χ0) is 23.2. The highest BCUT2D eigenvalue weighted by Gasteiger charge is 2.30. The second-order valence-electron chi connectivity index (χ2n) is 7.48. The minimum absolute atomic E-state index is 0.175. The summed E-state index contributed by atoms with van der Waals surface area (Å²) in [6, 6.07) is 12.2. The van der Waals surface area contributed by atoms with E-state index in [-0.39, 0.29) is 25.8 Å². The van der Waals surface area contributed by atoms with Gasteiger partial charge in [0.1, 0.15) is 5.69 Å². The summed E-state index contributed by atoms with van der Waals surface area (Å²) in [7, 11) is 0. The molecule has 0 bridgehead atoms. The van der Waals surface area contributed by atoms with Crippen LogP contribution in [0.3, 0.4) is 0 Å². The monoisotopic (exact) mass is 536 g/mol. The molecular weight excluding hydrogens is 521 g/mol. The normalized spacial score (nSPS) is 13.0. The molecule has 5 nitrogen and oxygen atoms in total. The molecule has 33 heavy (non-hydrogen) atoms. The molecule has 4 aromatic rings. The molecule has 1 aliphatic heterocycles. The first kappa shape index (κ1) is 21.8. The van der Waals surface area contributed by atoms with Crippen LogP contribution in [0.4, 0.5) is 13.2 Å². The summed E-state index contributed by atoms with van der Waals surface area (Å²) >= 11 is 5.00. The van der Waals surface area contributed by atoms with E-state index in [1.165, 1.54) is 23.5 Å². The van der Waals surface area contributed by atoms with Gasteiger partial charge in [0.15, 0.2) is 11.5 Å². The van der Waals surface area contributed by atoms with Crippen molar-refractivity contribution in [2.45, 2.75) is 19.3 Å². The molecule has 5 rings (SSSR count). The van der Waals surface area contributed by atoms with Gasteiger partial charge in [0.05, 0.1) is 20.3 Å². The van der Waals surface area contributed by atoms with Gasteiger partial charge < -0.3 is 19.4 Å². The van der Waals surface area contributed by atoms with Gasteiger partial charge in [0.25, 0.3) is 5.91 Å². The lowest BCUT2D eigenvalue weighted by Crippen LogP contribution is -2.25. The third-order valence-corrected chi connectivity index (χ3v) is 7.15. The molecule has 0 radical (unpaired) electrons. The van der Waals surface area contributed by atoms with E-state index >= 15 is 0 Å². The minimum atomic E-state index is -4.39. The van der Waals surface area contributed by atoms with Gasteiger partial charge in [0, 0.05) is 18.5 Å². The summed E-state index contributed by atoms with van der Waals surface area (Å²) in [6.07, 6.45) is -4.39. The van der Waals surface area contributed by atoms with E-state index in [1.54, 1.807) is 12.1 Å². The number of hydrogen-bond acceptors (Lipinski definition) is 4. The number of rotatable bonds is 5. The van der Waals surface area contributed by atoms with Gasteiger partial charge in [-0.2, -0.15) is 13.2 Å². The molecule has 0 saturated heterocycles. The zero-order valence-corrected chi connectivity index (χ0v) is 19.3. The quantitative estimate of drug-likeness (QED) is 0.331. The molecule has 2 aromatic carbocycles. The number of halogens is 4. The Morgan fingerprint density at radius 1 is 1.06 bits per heavy atom. The van der Waals surface area contributed by atoms with Crippen LogP contribution < -0.4 is 14.8 Å². The first-order valence-electron chi connectivity index (χ1n) is 9.89. The van der Waals surface area contributed by atoms with Crippen LogP contribution in [0.1, 0.15) is 27.2 Å². The highest BCUT2D eigenvalue weighted by atomic mass is 79.9. The molecule has 0 saturated carbocycles. The average molecular weight is 537 g/mol. The summed E-state index contributed by atoms with van der Waals surface area (Å²) in [4.78, 5) is 13.1. The van der Waals surface area contributed by atoms with Crippen LogP contribution in [-0.2, 0) is 19.3 Å². The van der Waals surface area contributed by atoms with Gasteiger partial charge >= 0.3 is 6.18 Å². The number of fused-ring (bicyclic) bond motifs is 2. The maximum atomic E-state index is 13.1. The van der Waals surface area contributed by atoms with Crippen molar-refractivity contribution in [3.63, 3.8) is 0 Å². The van der Waals surface area contributed by atoms with Crippen molar-refractivity contribution < 1.29 is 27.4 Å². The molecule has 2 aromatic heterocycles. The Kier molecular flexibility index (Phi) is 5.57. The van der Waals surface area contributed by atoms with E-state index in [2.05, 4.69) is 21.2 Å². The van der Waals surface area contributed by atoms with Crippen LogP contribution in [0.25, 0.3) is 10.2 Å². The van der Waals surface area contributed by atoms with Gasteiger partial charge in [-0.3, -0.25) is 4.79 Å². The highest BCUT2D eigenvalue weighted by molar-refractivity contribution is 9.10. The van der Waals surface area contributed by atoms with Crippen molar-refractivity contribution in [3.8, 4) is 11.5 Å². The first-order chi connectivity index (χ1) is 15.8. The SMILES string of the molecule is O=C(NCc1ccc2c(c1)OCO2)c1cc2scc(Br)c2n1Cc1ccc(C(F)(F)F)cc1. The number of aromatic nitrogens is 1. The van der Waals surface area contributed by atoms with Crippen LogP contribution in [0.2, 0.25) is 0 Å². The fourth-order valence-electron chi connectivity index (χ4n) is 3.69. The molecule has 170 valence electrons. The molecule has 0 unspecified atom stereocenters. The maximum Gasteiger partial charge on any atom is 0.416 e. The number of hydrogen-bond donors (Lipinski definition) is 1. The molecule has 3 heterocycles. The zero-order valence-electron chi connectivity index (χ0n) is 16.9. The summed E-state index contributed by atoms with van der Waals surface area (Å²) in [5.74, 6) is 1.02. The van der Waals surface area contributed by atoms with Crippen molar-refractivity contribution in [3.05, 3.63) is 80.8 Å². The van der Waals surface area contributed by atoms with Crippen LogP contribution in [-0.4, -0.2) is 17.3 Å². The second kappa shape index (κ2) is 8.42. The van der Waals surface area contributed by atoms with Crippen molar-refractivity contribution in [2.24, 2.45) is 0 Å². The highest BCUT2D eigenvalue weighted by Crippen LogP contribution is 2.35. The smallest absolute Gasteiger partial charge is 0.416 e. The second-order valence-corrected chi connectivity index (χ2v) is 9.24. The largest absolute Gasteiger partial charge is 0.454 e. The van der Waals surface area contributed by atoms with E-state index in [0.717, 1.165) is 32.4 Å². The molecule has 1 N–H and O–H groups in total. The van der Waals surface area contributed by atoms with E-state index in [9.17, 15) is 18.0 Å². The molecular formula is C23H16BrF3N2O3S. The third kappa shape index (κ3) is 4.32.